The summed E-state index contributed by atoms with van der Waals surface area (Å²) < 4.78 is 0. The van der Waals surface area contributed by atoms with E-state index in [1.54, 1.807) is 0 Å². The van der Waals surface area contributed by atoms with Crippen LogP contribution in [0.1, 0.15) is 72.1 Å². The Kier molecular flexibility index (Phi) is 5.30. The monoisotopic (exact) mass is 266 g/mol. The van der Waals surface area contributed by atoms with E-state index in [0.29, 0.717) is 5.54 Å². The van der Waals surface area contributed by atoms with Crippen LogP contribution < -0.4 is 5.73 Å². The second-order valence-electron chi connectivity index (χ2n) is 7.41. The van der Waals surface area contributed by atoms with Gasteiger partial charge in [0.25, 0.3) is 0 Å². The third kappa shape index (κ3) is 3.72. The lowest BCUT2D eigenvalue weighted by atomic mass is 9.86. The van der Waals surface area contributed by atoms with Crippen molar-refractivity contribution in [3.8, 4) is 0 Å². The molecule has 0 spiro atoms. The summed E-state index contributed by atoms with van der Waals surface area (Å²) in [5.74, 6) is 1.71. The molecule has 2 atom stereocenters. The Morgan fingerprint density at radius 3 is 2.42 bits per heavy atom. The Bertz CT molecular complexity index is 272. The van der Waals surface area contributed by atoms with E-state index in [4.69, 9.17) is 5.73 Å². The van der Waals surface area contributed by atoms with Gasteiger partial charge in [-0.1, -0.05) is 40.0 Å². The van der Waals surface area contributed by atoms with Gasteiger partial charge < -0.3 is 5.73 Å². The number of nitrogens with zero attached hydrogens (tertiary/aromatic N) is 1. The fraction of sp³-hybridized carbons (Fsp3) is 1.00. The summed E-state index contributed by atoms with van der Waals surface area (Å²) in [6, 6.07) is 0.851. The molecule has 2 fully saturated rings. The fourth-order valence-corrected chi connectivity index (χ4v) is 3.99. The maximum Gasteiger partial charge on any atom is 0.0334 e. The van der Waals surface area contributed by atoms with Crippen LogP contribution in [0.3, 0.4) is 0 Å². The van der Waals surface area contributed by atoms with E-state index in [9.17, 15) is 0 Å². The largest absolute Gasteiger partial charge is 0.329 e. The van der Waals surface area contributed by atoms with Gasteiger partial charge in [-0.25, -0.2) is 0 Å². The van der Waals surface area contributed by atoms with Crippen LogP contribution in [0.4, 0.5) is 0 Å². The summed E-state index contributed by atoms with van der Waals surface area (Å²) in [6.07, 6.45) is 11.1. The smallest absolute Gasteiger partial charge is 0.0334 e. The van der Waals surface area contributed by atoms with Gasteiger partial charge in [0.2, 0.25) is 0 Å². The van der Waals surface area contributed by atoms with E-state index in [1.807, 2.05) is 0 Å². The van der Waals surface area contributed by atoms with Gasteiger partial charge in [0.15, 0.2) is 0 Å². The lowest BCUT2D eigenvalue weighted by Crippen LogP contribution is -2.55. The van der Waals surface area contributed by atoms with Crippen LogP contribution in [0.25, 0.3) is 0 Å². The number of nitrogens with two attached hydrogens (primary N) is 1. The van der Waals surface area contributed by atoms with E-state index in [0.717, 1.165) is 24.4 Å². The highest BCUT2D eigenvalue weighted by molar-refractivity contribution is 5.00. The second-order valence-corrected chi connectivity index (χ2v) is 7.41. The molecule has 2 aliphatic carbocycles. The highest BCUT2D eigenvalue weighted by Crippen LogP contribution is 2.41. The van der Waals surface area contributed by atoms with Gasteiger partial charge in [0.1, 0.15) is 0 Å². The first-order chi connectivity index (χ1) is 9.11. The van der Waals surface area contributed by atoms with Crippen molar-refractivity contribution in [3.05, 3.63) is 0 Å². The molecular formula is C17H34N2. The summed E-state index contributed by atoms with van der Waals surface area (Å²) in [5, 5.41) is 0. The Morgan fingerprint density at radius 2 is 1.89 bits per heavy atom. The lowest BCUT2D eigenvalue weighted by molar-refractivity contribution is 0.0564. The zero-order chi connectivity index (χ0) is 13.9. The maximum atomic E-state index is 6.30. The fourth-order valence-electron chi connectivity index (χ4n) is 3.99. The van der Waals surface area contributed by atoms with E-state index in [-0.39, 0.29) is 0 Å². The van der Waals surface area contributed by atoms with E-state index in [2.05, 4.69) is 25.7 Å². The van der Waals surface area contributed by atoms with Gasteiger partial charge in [-0.2, -0.15) is 0 Å². The van der Waals surface area contributed by atoms with Gasteiger partial charge in [-0.15, -0.1) is 0 Å². The van der Waals surface area contributed by atoms with Crippen molar-refractivity contribution in [1.29, 1.82) is 0 Å². The molecular weight excluding hydrogens is 232 g/mol. The molecule has 0 saturated heterocycles. The van der Waals surface area contributed by atoms with Crippen LogP contribution in [0.15, 0.2) is 0 Å². The maximum absolute atomic E-state index is 6.30. The van der Waals surface area contributed by atoms with Gasteiger partial charge in [0, 0.05) is 24.7 Å². The van der Waals surface area contributed by atoms with Crippen molar-refractivity contribution in [2.75, 3.05) is 13.1 Å². The summed E-state index contributed by atoms with van der Waals surface area (Å²) in [7, 11) is 0. The zero-order valence-corrected chi connectivity index (χ0v) is 13.3. The van der Waals surface area contributed by atoms with Crippen LogP contribution in [-0.4, -0.2) is 29.6 Å². The molecule has 0 aromatic carbocycles. The van der Waals surface area contributed by atoms with Crippen molar-refractivity contribution in [2.45, 2.75) is 83.7 Å². The highest BCUT2D eigenvalue weighted by atomic mass is 15.3. The van der Waals surface area contributed by atoms with Gasteiger partial charge in [-0.3, -0.25) is 4.90 Å². The highest BCUT2D eigenvalue weighted by Gasteiger charge is 2.44. The number of hydrogen-bond donors (Lipinski definition) is 1. The van der Waals surface area contributed by atoms with Crippen LogP contribution in [0.2, 0.25) is 0 Å². The van der Waals surface area contributed by atoms with Crippen molar-refractivity contribution in [1.82, 2.24) is 4.90 Å². The average Bonchev–Trinajstić information content (AvgIpc) is 3.22. The predicted octanol–water partition coefficient (Wildman–Crippen LogP) is 3.79. The first kappa shape index (κ1) is 15.3. The first-order valence-electron chi connectivity index (χ1n) is 8.58. The molecule has 2 nitrogen and oxygen atoms in total. The summed E-state index contributed by atoms with van der Waals surface area (Å²) >= 11 is 0. The average molecular weight is 266 g/mol. The number of hydrogen-bond acceptors (Lipinski definition) is 2. The molecule has 0 aromatic rings. The summed E-state index contributed by atoms with van der Waals surface area (Å²) in [5.41, 5.74) is 6.62. The van der Waals surface area contributed by atoms with Crippen LogP contribution >= 0.6 is 0 Å². The molecule has 2 rings (SSSR count). The third-order valence-corrected chi connectivity index (χ3v) is 5.39. The molecule has 19 heavy (non-hydrogen) atoms. The normalized spacial score (nSPS) is 32.8. The Morgan fingerprint density at radius 1 is 1.16 bits per heavy atom. The molecule has 0 amide bonds. The van der Waals surface area contributed by atoms with Crippen molar-refractivity contribution < 1.29 is 0 Å². The quantitative estimate of drug-likeness (QED) is 0.741. The number of rotatable bonds is 6. The molecule has 0 heterocycles. The topological polar surface area (TPSA) is 29.3 Å². The molecule has 2 aliphatic rings. The second kappa shape index (κ2) is 6.58. The molecule has 0 bridgehead atoms. The summed E-state index contributed by atoms with van der Waals surface area (Å²) in [4.78, 5) is 2.83. The molecule has 112 valence electrons. The minimum absolute atomic E-state index is 0.329. The molecule has 0 radical (unpaired) electrons. The SMILES string of the molecule is CCC1CCCC(CN)(N(CC(C)C)C2CC2)CC1. The molecule has 2 saturated carbocycles. The van der Waals surface area contributed by atoms with E-state index < -0.39 is 0 Å². The van der Waals surface area contributed by atoms with Crippen LogP contribution in [0, 0.1) is 11.8 Å². The van der Waals surface area contributed by atoms with Crippen molar-refractivity contribution in [3.63, 3.8) is 0 Å². The molecule has 0 aliphatic heterocycles. The van der Waals surface area contributed by atoms with Gasteiger partial charge in [-0.05, 0) is 43.9 Å². The standard InChI is InChI=1S/C17H34N2/c1-4-15-6-5-10-17(13-18,11-9-15)19(12-14(2)3)16-7-8-16/h14-16H,4-13,18H2,1-3H3. The molecule has 2 unspecified atom stereocenters. The van der Waals surface area contributed by atoms with Crippen molar-refractivity contribution in [2.24, 2.45) is 17.6 Å². The molecule has 2 N–H and O–H groups in total. The van der Waals surface area contributed by atoms with Gasteiger partial charge >= 0.3 is 0 Å². The lowest BCUT2D eigenvalue weighted by Gasteiger charge is -2.44. The molecule has 0 aromatic heterocycles. The minimum Gasteiger partial charge on any atom is -0.329 e. The Hall–Kier alpha value is -0.0800. The predicted molar refractivity (Wildman–Crippen MR) is 83.2 cm³/mol. The first-order valence-corrected chi connectivity index (χ1v) is 8.58. The van der Waals surface area contributed by atoms with E-state index in [1.165, 1.54) is 57.9 Å². The third-order valence-electron chi connectivity index (χ3n) is 5.39. The van der Waals surface area contributed by atoms with Gasteiger partial charge in [0.05, 0.1) is 0 Å². The zero-order valence-electron chi connectivity index (χ0n) is 13.3. The Labute approximate surface area is 120 Å². The molecule has 2 heteroatoms. The van der Waals surface area contributed by atoms with Crippen LogP contribution in [0.5, 0.6) is 0 Å². The van der Waals surface area contributed by atoms with E-state index >= 15 is 0 Å². The minimum atomic E-state index is 0.329. The summed E-state index contributed by atoms with van der Waals surface area (Å²) in [6.45, 7) is 9.18. The van der Waals surface area contributed by atoms with Crippen molar-refractivity contribution >= 4 is 0 Å². The van der Waals surface area contributed by atoms with Crippen LogP contribution in [-0.2, 0) is 0 Å². The Balaban J connectivity index is 2.09.